The van der Waals surface area contributed by atoms with Crippen molar-refractivity contribution in [3.63, 3.8) is 0 Å². The third kappa shape index (κ3) is 3.25. The van der Waals surface area contributed by atoms with Crippen LogP contribution in [0.25, 0.3) is 71.2 Å². The van der Waals surface area contributed by atoms with Gasteiger partial charge in [-0.05, 0) is 121 Å². The molecule has 0 bridgehead atoms. The van der Waals surface area contributed by atoms with Crippen molar-refractivity contribution in [2.45, 2.75) is 34.5 Å². The Morgan fingerprint density at radius 3 is 1.35 bits per heavy atom. The lowest BCUT2D eigenvalue weighted by atomic mass is 9.36. The van der Waals surface area contributed by atoms with E-state index in [-0.39, 0.29) is 46.1 Å². The zero-order valence-electron chi connectivity index (χ0n) is 35.2. The third-order valence-corrected chi connectivity index (χ3v) is 17.8. The van der Waals surface area contributed by atoms with Crippen LogP contribution in [0, 0.1) is 0 Å². The standard InChI is InChI=1S/C62H33NO3/c64-59-44-28-50-38(26-40(44)54-34-12-1-6-16-46(34)61(54)48-18-8-3-14-36(48)56(59)61)42-23-31(30-21-22-33-32-11-5-10-20-52(32)66-53(33)25-30)24-43-39-27-41-45(29-51(39)63(50)58(42)43)60(65)57-37-15-4-9-19-49(37)62(57)47-17-7-2-13-35(47)55(41)62/h1-29,54-57H. The smallest absolute Gasteiger partial charge is 0.171 e. The fourth-order valence-electron chi connectivity index (χ4n) is 15.5. The van der Waals surface area contributed by atoms with Gasteiger partial charge in [0.25, 0.3) is 0 Å². The maximum Gasteiger partial charge on any atom is 0.171 e. The lowest BCUT2D eigenvalue weighted by molar-refractivity contribution is 0.0839. The molecule has 0 aliphatic heterocycles. The molecule has 6 aliphatic carbocycles. The highest BCUT2D eigenvalue weighted by Gasteiger charge is 2.70. The lowest BCUT2D eigenvalue weighted by Crippen LogP contribution is -2.61. The van der Waals surface area contributed by atoms with Crippen molar-refractivity contribution in [3.05, 3.63) is 243 Å². The SMILES string of the molecule is O=C1c2cc3c(cc2C2c4ccccc4C24c2ccccc2C14)c1cc(-c2ccc4c(c2)oc2ccccc24)cc2c4cc5c(cc4n3c12)C(=O)C1c2ccccc2C12c1ccccc1C52. The summed E-state index contributed by atoms with van der Waals surface area (Å²) in [5, 5.41) is 6.77. The summed E-state index contributed by atoms with van der Waals surface area (Å²) in [6, 6.07) is 63.6. The van der Waals surface area contributed by atoms with Gasteiger partial charge in [0, 0.05) is 66.1 Å². The van der Waals surface area contributed by atoms with Crippen LogP contribution >= 0.6 is 0 Å². The summed E-state index contributed by atoms with van der Waals surface area (Å²) in [6.45, 7) is 0. The van der Waals surface area contributed by atoms with Crippen LogP contribution in [0.1, 0.15) is 100 Å². The summed E-state index contributed by atoms with van der Waals surface area (Å²) in [5.74, 6) is 0.138. The van der Waals surface area contributed by atoms with Crippen LogP contribution in [0.3, 0.4) is 0 Å². The van der Waals surface area contributed by atoms with E-state index in [1.807, 2.05) is 12.1 Å². The van der Waals surface area contributed by atoms with Crippen molar-refractivity contribution in [3.8, 4) is 11.1 Å². The number of rotatable bonds is 1. The summed E-state index contributed by atoms with van der Waals surface area (Å²) < 4.78 is 8.86. The number of nitrogens with zero attached hydrogens (tertiary/aromatic N) is 1. The number of fused-ring (bicyclic) bond motifs is 21. The molecule has 2 spiro atoms. The first-order chi connectivity index (χ1) is 32.6. The van der Waals surface area contributed by atoms with Crippen molar-refractivity contribution in [2.24, 2.45) is 0 Å². The van der Waals surface area contributed by atoms with E-state index in [1.165, 1.54) is 33.4 Å². The molecule has 4 heteroatoms. The van der Waals surface area contributed by atoms with Gasteiger partial charge in [0.15, 0.2) is 11.6 Å². The quantitative estimate of drug-likeness (QED) is 0.165. The molecule has 0 N–H and O–H groups in total. The minimum Gasteiger partial charge on any atom is -0.456 e. The molecule has 6 aliphatic rings. The normalized spacial score (nSPS) is 24.2. The van der Waals surface area contributed by atoms with E-state index in [0.29, 0.717) is 0 Å². The molecule has 0 saturated carbocycles. The van der Waals surface area contributed by atoms with Crippen LogP contribution in [0.4, 0.5) is 0 Å². The summed E-state index contributed by atoms with van der Waals surface area (Å²) in [4.78, 5) is 30.6. The number of hydrogen-bond acceptors (Lipinski definition) is 3. The molecular weight excluding hydrogens is 807 g/mol. The van der Waals surface area contributed by atoms with Gasteiger partial charge in [0.2, 0.25) is 0 Å². The number of hydrogen-bond donors (Lipinski definition) is 0. The highest BCUT2D eigenvalue weighted by molar-refractivity contribution is 6.27. The Morgan fingerprint density at radius 1 is 0.364 bits per heavy atom. The van der Waals surface area contributed by atoms with Gasteiger partial charge in [0.05, 0.1) is 28.4 Å². The predicted octanol–water partition coefficient (Wildman–Crippen LogP) is 13.9. The Morgan fingerprint density at radius 2 is 0.818 bits per heavy atom. The van der Waals surface area contributed by atoms with Crippen molar-refractivity contribution in [1.29, 1.82) is 0 Å². The van der Waals surface area contributed by atoms with Gasteiger partial charge in [-0.2, -0.15) is 0 Å². The van der Waals surface area contributed by atoms with Crippen molar-refractivity contribution >= 4 is 71.6 Å². The highest BCUT2D eigenvalue weighted by Crippen LogP contribution is 2.75. The summed E-state index contributed by atoms with van der Waals surface area (Å²) in [5.41, 5.74) is 20.4. The van der Waals surface area contributed by atoms with Gasteiger partial charge in [-0.1, -0.05) is 121 Å². The maximum atomic E-state index is 15.3. The fourth-order valence-corrected chi connectivity index (χ4v) is 15.5. The Labute approximate surface area is 376 Å². The van der Waals surface area contributed by atoms with E-state index in [4.69, 9.17) is 4.42 Å². The van der Waals surface area contributed by atoms with E-state index in [2.05, 4.69) is 168 Å². The zero-order chi connectivity index (χ0) is 42.7. The van der Waals surface area contributed by atoms with Gasteiger partial charge in [-0.15, -0.1) is 0 Å². The highest BCUT2D eigenvalue weighted by atomic mass is 16.3. The minimum absolute atomic E-state index is 0.0816. The number of benzene rings is 9. The van der Waals surface area contributed by atoms with Crippen molar-refractivity contribution in [2.75, 3.05) is 0 Å². The number of carbonyl (C=O) groups is 2. The number of ketones is 2. The molecule has 0 fully saturated rings. The Kier molecular flexibility index (Phi) is 5.34. The van der Waals surface area contributed by atoms with Crippen LogP contribution in [0.2, 0.25) is 0 Å². The second-order valence-corrected chi connectivity index (χ2v) is 20.0. The van der Waals surface area contributed by atoms with Gasteiger partial charge < -0.3 is 8.82 Å². The van der Waals surface area contributed by atoms with Gasteiger partial charge >= 0.3 is 0 Å². The van der Waals surface area contributed by atoms with E-state index < -0.39 is 0 Å². The molecule has 3 aromatic heterocycles. The maximum absolute atomic E-state index is 15.3. The first kappa shape index (κ1) is 33.4. The van der Waals surface area contributed by atoms with Crippen LogP contribution in [-0.2, 0) is 10.8 Å². The van der Waals surface area contributed by atoms with Gasteiger partial charge in [-0.25, -0.2) is 0 Å². The van der Waals surface area contributed by atoms with Crippen molar-refractivity contribution in [1.82, 2.24) is 4.40 Å². The monoisotopic (exact) mass is 839 g/mol. The van der Waals surface area contributed by atoms with E-state index in [1.54, 1.807) is 0 Å². The van der Waals surface area contributed by atoms with Crippen LogP contribution in [0.5, 0.6) is 0 Å². The van der Waals surface area contributed by atoms with E-state index in [9.17, 15) is 0 Å². The second-order valence-electron chi connectivity index (χ2n) is 20.0. The molecule has 18 rings (SSSR count). The molecule has 3 heterocycles. The topological polar surface area (TPSA) is 51.7 Å². The Hall–Kier alpha value is -8.08. The van der Waals surface area contributed by atoms with E-state index >= 15 is 9.59 Å². The first-order valence-electron chi connectivity index (χ1n) is 23.3. The largest absolute Gasteiger partial charge is 0.456 e. The Balaban J connectivity index is 0.949. The minimum atomic E-state index is -0.347. The number of aromatic nitrogens is 1. The average Bonchev–Trinajstić information content (AvgIpc) is 3.98. The zero-order valence-corrected chi connectivity index (χ0v) is 35.2. The summed E-state index contributed by atoms with van der Waals surface area (Å²) in [7, 11) is 0. The molecule has 0 saturated heterocycles. The number of furan rings is 1. The summed E-state index contributed by atoms with van der Waals surface area (Å²) >= 11 is 0. The molecule has 304 valence electrons. The predicted molar refractivity (Wildman–Crippen MR) is 259 cm³/mol. The lowest BCUT2D eigenvalue weighted by Gasteiger charge is -2.64. The molecule has 66 heavy (non-hydrogen) atoms. The third-order valence-electron chi connectivity index (χ3n) is 17.8. The van der Waals surface area contributed by atoms with E-state index in [0.717, 1.165) is 105 Å². The fraction of sp³-hybridized carbons (Fsp3) is 0.0968. The molecule has 4 nitrogen and oxygen atoms in total. The summed E-state index contributed by atoms with van der Waals surface area (Å²) in [6.07, 6.45) is 0. The molecule has 0 radical (unpaired) electrons. The number of Topliss-reactive ketones (excluding diaryl/α,β-unsaturated/α-hetero) is 2. The van der Waals surface area contributed by atoms with Crippen LogP contribution < -0.4 is 0 Å². The molecule has 6 unspecified atom stereocenters. The first-order valence-corrected chi connectivity index (χ1v) is 23.3. The molecular formula is C62H33NO3. The number of para-hydroxylation sites is 1. The molecule has 9 aromatic carbocycles. The molecule has 12 aromatic rings. The number of carbonyl (C=O) groups excluding carboxylic acids is 2. The van der Waals surface area contributed by atoms with Gasteiger partial charge in [-0.3, -0.25) is 9.59 Å². The van der Waals surface area contributed by atoms with Crippen LogP contribution in [-0.4, -0.2) is 16.0 Å². The second kappa shape index (κ2) is 10.5. The Bertz CT molecular complexity index is 4170. The average molecular weight is 840 g/mol. The van der Waals surface area contributed by atoms with Crippen LogP contribution in [0.15, 0.2) is 180 Å². The van der Waals surface area contributed by atoms with Crippen molar-refractivity contribution < 1.29 is 14.0 Å². The van der Waals surface area contributed by atoms with Gasteiger partial charge in [0.1, 0.15) is 11.2 Å². The molecule has 0 amide bonds. The molecule has 6 atom stereocenters.